The molecule has 2 N–H and O–H groups in total. The number of carboxylic acids is 1. The van der Waals surface area contributed by atoms with Crippen LogP contribution >= 0.6 is 11.3 Å². The molecule has 1 amide bonds. The summed E-state index contributed by atoms with van der Waals surface area (Å²) >= 11 is 1.18. The monoisotopic (exact) mass is 291 g/mol. The zero-order chi connectivity index (χ0) is 14.5. The van der Waals surface area contributed by atoms with Gasteiger partial charge in [-0.1, -0.05) is 18.2 Å². The number of hydrogen-bond acceptors (Lipinski definition) is 4. The zero-order valence-corrected chi connectivity index (χ0v) is 11.6. The van der Waals surface area contributed by atoms with Gasteiger partial charge in [0.25, 0.3) is 5.91 Å². The van der Waals surface area contributed by atoms with Crippen molar-refractivity contribution in [3.8, 4) is 0 Å². The molecule has 0 radical (unpaired) electrons. The molecule has 1 heterocycles. The number of thiophene rings is 1. The molecule has 104 valence electrons. The molecule has 0 fully saturated rings. The van der Waals surface area contributed by atoms with Crippen molar-refractivity contribution < 1.29 is 19.4 Å². The van der Waals surface area contributed by atoms with E-state index in [9.17, 15) is 9.59 Å². The highest BCUT2D eigenvalue weighted by Gasteiger charge is 2.16. The topological polar surface area (TPSA) is 75.6 Å². The lowest BCUT2D eigenvalue weighted by Gasteiger charge is -2.09. The lowest BCUT2D eigenvalue weighted by Crippen LogP contribution is -2.15. The number of anilines is 1. The first-order valence-electron chi connectivity index (χ1n) is 5.82. The second-order valence-corrected chi connectivity index (χ2v) is 4.93. The van der Waals surface area contributed by atoms with Gasteiger partial charge in [0.1, 0.15) is 5.00 Å². The molecule has 0 unspecified atom stereocenters. The maximum Gasteiger partial charge on any atom is 0.338 e. The van der Waals surface area contributed by atoms with Crippen LogP contribution in [0, 0.1) is 0 Å². The summed E-state index contributed by atoms with van der Waals surface area (Å²) in [6, 6.07) is 8.51. The molecule has 0 spiro atoms. The van der Waals surface area contributed by atoms with Crippen molar-refractivity contribution in [2.75, 3.05) is 12.4 Å². The Bertz CT molecular complexity index is 636. The summed E-state index contributed by atoms with van der Waals surface area (Å²) in [5, 5.41) is 13.6. The van der Waals surface area contributed by atoms with E-state index in [-0.39, 0.29) is 11.5 Å². The van der Waals surface area contributed by atoms with E-state index in [1.807, 2.05) is 6.07 Å². The van der Waals surface area contributed by atoms with Gasteiger partial charge in [-0.05, 0) is 23.1 Å². The van der Waals surface area contributed by atoms with E-state index >= 15 is 0 Å². The molecular weight excluding hydrogens is 278 g/mol. The maximum atomic E-state index is 12.2. The van der Waals surface area contributed by atoms with Crippen LogP contribution in [0.3, 0.4) is 0 Å². The second kappa shape index (κ2) is 6.31. The van der Waals surface area contributed by atoms with E-state index in [0.717, 1.165) is 5.56 Å². The number of benzene rings is 1. The highest BCUT2D eigenvalue weighted by molar-refractivity contribution is 7.14. The van der Waals surface area contributed by atoms with Crippen LogP contribution in [0.5, 0.6) is 0 Å². The van der Waals surface area contributed by atoms with Crippen molar-refractivity contribution >= 4 is 28.2 Å². The predicted molar refractivity (Wildman–Crippen MR) is 76.4 cm³/mol. The Labute approximate surface area is 119 Å². The maximum absolute atomic E-state index is 12.2. The summed E-state index contributed by atoms with van der Waals surface area (Å²) in [7, 11) is 1.55. The highest BCUT2D eigenvalue weighted by Crippen LogP contribution is 2.24. The number of ether oxygens (including phenoxy) is 1. The normalized spacial score (nSPS) is 10.2. The van der Waals surface area contributed by atoms with Gasteiger partial charge < -0.3 is 15.2 Å². The fraction of sp³-hybridized carbons (Fsp3) is 0.143. The Morgan fingerprint density at radius 3 is 2.70 bits per heavy atom. The van der Waals surface area contributed by atoms with Gasteiger partial charge in [-0.2, -0.15) is 0 Å². The third-order valence-corrected chi connectivity index (χ3v) is 3.51. The van der Waals surface area contributed by atoms with Crippen LogP contribution in [-0.2, 0) is 11.3 Å². The molecule has 0 saturated carbocycles. The first kappa shape index (κ1) is 14.2. The van der Waals surface area contributed by atoms with Crippen LogP contribution in [0.25, 0.3) is 0 Å². The smallest absolute Gasteiger partial charge is 0.338 e. The summed E-state index contributed by atoms with van der Waals surface area (Å²) < 4.78 is 5.04. The van der Waals surface area contributed by atoms with E-state index in [1.54, 1.807) is 30.7 Å². The minimum Gasteiger partial charge on any atom is -0.478 e. The second-order valence-electron chi connectivity index (χ2n) is 4.01. The molecule has 2 aromatic rings. The third-order valence-electron chi connectivity index (χ3n) is 2.68. The average molecular weight is 291 g/mol. The van der Waals surface area contributed by atoms with E-state index in [1.165, 1.54) is 17.4 Å². The van der Waals surface area contributed by atoms with Crippen molar-refractivity contribution in [1.29, 1.82) is 0 Å². The van der Waals surface area contributed by atoms with E-state index in [2.05, 4.69) is 5.32 Å². The lowest BCUT2D eigenvalue weighted by atomic mass is 10.1. The van der Waals surface area contributed by atoms with Crippen LogP contribution < -0.4 is 5.32 Å². The number of nitrogens with one attached hydrogen (secondary N) is 1. The van der Waals surface area contributed by atoms with Crippen LogP contribution in [0.15, 0.2) is 35.7 Å². The third kappa shape index (κ3) is 3.04. The number of aromatic carboxylic acids is 1. The Hall–Kier alpha value is -2.18. The van der Waals surface area contributed by atoms with Gasteiger partial charge in [-0.25, -0.2) is 4.79 Å². The van der Waals surface area contributed by atoms with Crippen molar-refractivity contribution in [3.05, 3.63) is 52.4 Å². The molecule has 2 rings (SSSR count). The van der Waals surface area contributed by atoms with Crippen LogP contribution in [-0.4, -0.2) is 24.1 Å². The van der Waals surface area contributed by atoms with E-state index < -0.39 is 5.97 Å². The Morgan fingerprint density at radius 2 is 2.00 bits per heavy atom. The van der Waals surface area contributed by atoms with Crippen molar-refractivity contribution in [2.24, 2.45) is 0 Å². The number of rotatable bonds is 5. The summed E-state index contributed by atoms with van der Waals surface area (Å²) in [5.74, 6) is -1.41. The summed E-state index contributed by atoms with van der Waals surface area (Å²) in [4.78, 5) is 23.2. The number of carboxylic acid groups (broad SMARTS) is 1. The molecule has 1 aromatic carbocycles. The fourth-order valence-electron chi connectivity index (χ4n) is 1.77. The molecular formula is C14H13NO4S. The number of amides is 1. The fourth-order valence-corrected chi connectivity index (χ4v) is 2.54. The Kier molecular flexibility index (Phi) is 4.49. The summed E-state index contributed by atoms with van der Waals surface area (Å²) in [6.07, 6.45) is 0. The van der Waals surface area contributed by atoms with E-state index in [0.29, 0.717) is 17.2 Å². The molecule has 0 aliphatic heterocycles. The van der Waals surface area contributed by atoms with E-state index in [4.69, 9.17) is 9.84 Å². The minimum absolute atomic E-state index is 0.0903. The molecule has 0 aliphatic carbocycles. The van der Waals surface area contributed by atoms with Gasteiger partial charge in [0.15, 0.2) is 0 Å². The van der Waals surface area contributed by atoms with Gasteiger partial charge in [0.05, 0.1) is 12.2 Å². The van der Waals surface area contributed by atoms with Crippen LogP contribution in [0.4, 0.5) is 5.00 Å². The molecule has 6 heteroatoms. The molecule has 0 atom stereocenters. The van der Waals surface area contributed by atoms with Gasteiger partial charge in [-0.3, -0.25) is 4.79 Å². The number of methoxy groups -OCH3 is 1. The quantitative estimate of drug-likeness (QED) is 0.888. The first-order chi connectivity index (χ1) is 9.63. The van der Waals surface area contributed by atoms with Crippen molar-refractivity contribution in [3.63, 3.8) is 0 Å². The number of carbonyl (C=O) groups is 2. The molecule has 5 nitrogen and oxygen atoms in total. The largest absolute Gasteiger partial charge is 0.478 e. The van der Waals surface area contributed by atoms with Crippen molar-refractivity contribution in [2.45, 2.75) is 6.61 Å². The van der Waals surface area contributed by atoms with Crippen LogP contribution in [0.1, 0.15) is 26.3 Å². The Balaban J connectivity index is 2.24. The van der Waals surface area contributed by atoms with Crippen LogP contribution in [0.2, 0.25) is 0 Å². The Morgan fingerprint density at radius 1 is 1.25 bits per heavy atom. The SMILES string of the molecule is COCc1ccccc1C(=O)Nc1sccc1C(=O)O. The first-order valence-corrected chi connectivity index (χ1v) is 6.70. The average Bonchev–Trinajstić information content (AvgIpc) is 2.88. The highest BCUT2D eigenvalue weighted by atomic mass is 32.1. The summed E-state index contributed by atoms with van der Waals surface area (Å²) in [5.41, 5.74) is 1.31. The minimum atomic E-state index is -1.06. The molecule has 0 aliphatic rings. The number of hydrogen-bond donors (Lipinski definition) is 2. The standard InChI is InChI=1S/C14H13NO4S/c1-19-8-9-4-2-3-5-10(9)12(16)15-13-11(14(17)18)6-7-20-13/h2-7H,8H2,1H3,(H,15,16)(H,17,18). The van der Waals surface area contributed by atoms with Crippen molar-refractivity contribution in [1.82, 2.24) is 0 Å². The lowest BCUT2D eigenvalue weighted by molar-refractivity contribution is 0.0698. The number of carbonyl (C=O) groups excluding carboxylic acids is 1. The predicted octanol–water partition coefficient (Wildman–Crippen LogP) is 2.84. The summed E-state index contributed by atoms with van der Waals surface area (Å²) in [6.45, 7) is 0.319. The van der Waals surface area contributed by atoms with Gasteiger partial charge in [0.2, 0.25) is 0 Å². The van der Waals surface area contributed by atoms with Gasteiger partial charge >= 0.3 is 5.97 Å². The molecule has 20 heavy (non-hydrogen) atoms. The molecule has 0 saturated heterocycles. The molecule has 0 bridgehead atoms. The van der Waals surface area contributed by atoms with Gasteiger partial charge in [-0.15, -0.1) is 11.3 Å². The van der Waals surface area contributed by atoms with Gasteiger partial charge in [0, 0.05) is 12.7 Å². The zero-order valence-electron chi connectivity index (χ0n) is 10.8. The molecule has 1 aromatic heterocycles.